The van der Waals surface area contributed by atoms with Gasteiger partial charge >= 0.3 is 17.3 Å². The van der Waals surface area contributed by atoms with E-state index in [0.29, 0.717) is 0 Å². The second-order valence-corrected chi connectivity index (χ2v) is 4.05. The highest BCUT2D eigenvalue weighted by atomic mass is 35.5. The smallest absolute Gasteiger partial charge is 0.365 e. The first-order valence-corrected chi connectivity index (χ1v) is 5.55. The molecule has 19 heavy (non-hydrogen) atoms. The third-order valence-electron chi connectivity index (χ3n) is 2.18. The number of carboxylic acids is 1. The van der Waals surface area contributed by atoms with Gasteiger partial charge in [0.15, 0.2) is 5.69 Å². The van der Waals surface area contributed by atoms with Crippen molar-refractivity contribution in [2.45, 2.75) is 19.2 Å². The van der Waals surface area contributed by atoms with Crippen LogP contribution in [0.5, 0.6) is 0 Å². The maximum absolute atomic E-state index is 13.0. The molecule has 0 aliphatic carbocycles. The van der Waals surface area contributed by atoms with E-state index in [2.05, 4.69) is 9.72 Å². The molecule has 1 aromatic rings. The molecule has 1 N–H and O–H groups in total. The summed E-state index contributed by atoms with van der Waals surface area (Å²) in [5, 5.41) is 5.09. The number of alkyl halides is 3. The van der Waals surface area contributed by atoms with E-state index in [4.69, 9.17) is 16.7 Å². The lowest BCUT2D eigenvalue weighted by atomic mass is 10.1. The molecule has 8 heteroatoms. The number of aryl methyl sites for hydroxylation is 1. The molecule has 1 rings (SSSR count). The average molecular weight is 294 g/mol. The minimum Gasteiger partial charge on any atom is -0.476 e. The summed E-state index contributed by atoms with van der Waals surface area (Å²) in [6.45, 7) is 2.79. The van der Waals surface area contributed by atoms with Crippen molar-refractivity contribution in [3.63, 3.8) is 0 Å². The lowest BCUT2D eigenvalue weighted by Crippen LogP contribution is -2.19. The summed E-state index contributed by atoms with van der Waals surface area (Å²) < 4.78 is 30.7. The highest BCUT2D eigenvalue weighted by Gasteiger charge is 2.34. The third kappa shape index (κ3) is 3.37. The number of rotatable bonds is 4. The van der Waals surface area contributed by atoms with Crippen LogP contribution in [0.25, 0.3) is 0 Å². The quantitative estimate of drug-likeness (QED) is 0.682. The van der Waals surface area contributed by atoms with Crippen molar-refractivity contribution in [2.24, 2.45) is 0 Å². The van der Waals surface area contributed by atoms with Crippen LogP contribution in [0.15, 0.2) is 6.07 Å². The number of hydrogen-bond acceptors (Lipinski definition) is 4. The largest absolute Gasteiger partial charge is 0.476 e. The fraction of sp³-hybridized carbons (Fsp3) is 0.364. The van der Waals surface area contributed by atoms with E-state index >= 15 is 0 Å². The molecule has 0 spiro atoms. The number of carbonyl (C=O) groups is 2. The Bertz CT molecular complexity index is 528. The van der Waals surface area contributed by atoms with Crippen LogP contribution in [0.2, 0.25) is 0 Å². The van der Waals surface area contributed by atoms with Crippen LogP contribution in [-0.2, 0) is 10.1 Å². The van der Waals surface area contributed by atoms with Gasteiger partial charge in [-0.15, -0.1) is 0 Å². The van der Waals surface area contributed by atoms with Crippen LogP contribution in [0.4, 0.5) is 8.78 Å². The van der Waals surface area contributed by atoms with Crippen molar-refractivity contribution in [1.29, 1.82) is 0 Å². The zero-order chi connectivity index (χ0) is 14.8. The molecule has 1 heterocycles. The molecule has 0 radical (unpaired) electrons. The van der Waals surface area contributed by atoms with Gasteiger partial charge in [0.2, 0.25) is 0 Å². The first-order valence-electron chi connectivity index (χ1n) is 5.17. The number of carbonyl (C=O) groups excluding carboxylic acids is 1. The van der Waals surface area contributed by atoms with Gasteiger partial charge < -0.3 is 9.84 Å². The SMILES string of the molecule is CCOC(=O)c1cc(C)c(C(F)(F)Cl)nc1C(=O)O. The Morgan fingerprint density at radius 3 is 2.53 bits per heavy atom. The second kappa shape index (κ2) is 5.48. The number of halogens is 3. The number of pyridine rings is 1. The molecule has 0 fully saturated rings. The van der Waals surface area contributed by atoms with Crippen molar-refractivity contribution in [2.75, 3.05) is 6.61 Å². The van der Waals surface area contributed by atoms with Gasteiger partial charge in [-0.3, -0.25) is 0 Å². The van der Waals surface area contributed by atoms with Gasteiger partial charge in [0.25, 0.3) is 0 Å². The molecule has 0 saturated heterocycles. The Balaban J connectivity index is 3.46. The lowest BCUT2D eigenvalue weighted by molar-refractivity contribution is 0.0509. The van der Waals surface area contributed by atoms with Crippen LogP contribution in [0.1, 0.15) is 39.0 Å². The molecule has 0 bridgehead atoms. The first-order chi connectivity index (χ1) is 8.68. The van der Waals surface area contributed by atoms with E-state index < -0.39 is 34.3 Å². The monoisotopic (exact) mass is 293 g/mol. The standard InChI is InChI=1S/C11H10ClF2NO4/c1-3-19-10(18)6-4-5(2)8(11(12,13)14)15-7(6)9(16)17/h4H,3H2,1-2H3,(H,16,17). The Labute approximate surface area is 112 Å². The summed E-state index contributed by atoms with van der Waals surface area (Å²) >= 11 is 4.83. The highest BCUT2D eigenvalue weighted by molar-refractivity contribution is 6.21. The lowest BCUT2D eigenvalue weighted by Gasteiger charge is -2.13. The number of hydrogen-bond donors (Lipinski definition) is 1. The summed E-state index contributed by atoms with van der Waals surface area (Å²) in [5.74, 6) is -2.56. The molecule has 0 aromatic carbocycles. The van der Waals surface area contributed by atoms with Crippen LogP contribution in [0, 0.1) is 6.92 Å². The Hall–Kier alpha value is -1.76. The molecule has 5 nitrogen and oxygen atoms in total. The molecule has 0 unspecified atom stereocenters. The minimum atomic E-state index is -3.82. The molecule has 0 saturated carbocycles. The molecule has 0 atom stereocenters. The number of carboxylic acid groups (broad SMARTS) is 1. The molecule has 104 valence electrons. The topological polar surface area (TPSA) is 76.5 Å². The van der Waals surface area contributed by atoms with Gasteiger partial charge in [-0.25, -0.2) is 14.6 Å². The summed E-state index contributed by atoms with van der Waals surface area (Å²) in [6.07, 6.45) is 0. The zero-order valence-corrected chi connectivity index (χ0v) is 10.8. The van der Waals surface area contributed by atoms with Crippen molar-refractivity contribution >= 4 is 23.5 Å². The summed E-state index contributed by atoms with van der Waals surface area (Å²) in [7, 11) is 0. The molecule has 0 aliphatic rings. The van der Waals surface area contributed by atoms with Crippen molar-refractivity contribution < 1.29 is 28.2 Å². The van der Waals surface area contributed by atoms with Crippen LogP contribution < -0.4 is 0 Å². The van der Waals surface area contributed by atoms with E-state index in [1.165, 1.54) is 13.8 Å². The number of aromatic nitrogens is 1. The van der Waals surface area contributed by atoms with Crippen molar-refractivity contribution in [3.8, 4) is 0 Å². The molecular formula is C11H10ClF2NO4. The maximum Gasteiger partial charge on any atom is 0.365 e. The normalized spacial score (nSPS) is 11.2. The predicted molar refractivity (Wildman–Crippen MR) is 61.6 cm³/mol. The number of ether oxygens (including phenoxy) is 1. The number of nitrogens with zero attached hydrogens (tertiary/aromatic N) is 1. The summed E-state index contributed by atoms with van der Waals surface area (Å²) in [5.41, 5.74) is -2.22. The zero-order valence-electron chi connectivity index (χ0n) is 10.0. The molecule has 0 aliphatic heterocycles. The Morgan fingerprint density at radius 1 is 1.53 bits per heavy atom. The van der Waals surface area contributed by atoms with Gasteiger partial charge in [0.05, 0.1) is 12.2 Å². The fourth-order valence-corrected chi connectivity index (χ4v) is 1.62. The minimum absolute atomic E-state index is 0.0182. The van der Waals surface area contributed by atoms with Gasteiger partial charge in [-0.1, -0.05) is 0 Å². The molecule has 0 amide bonds. The van der Waals surface area contributed by atoms with Gasteiger partial charge in [-0.05, 0) is 37.1 Å². The van der Waals surface area contributed by atoms with Gasteiger partial charge in [-0.2, -0.15) is 8.78 Å². The third-order valence-corrected chi connectivity index (χ3v) is 2.36. The van der Waals surface area contributed by atoms with Crippen molar-refractivity contribution in [3.05, 3.63) is 28.6 Å². The summed E-state index contributed by atoms with van der Waals surface area (Å²) in [6, 6.07) is 0.972. The number of esters is 1. The van der Waals surface area contributed by atoms with Gasteiger partial charge in [0.1, 0.15) is 5.69 Å². The second-order valence-electron chi connectivity index (χ2n) is 3.57. The molecule has 1 aromatic heterocycles. The number of aromatic carboxylic acids is 1. The fourth-order valence-electron chi connectivity index (χ4n) is 1.43. The van der Waals surface area contributed by atoms with Crippen molar-refractivity contribution in [1.82, 2.24) is 4.98 Å². The average Bonchev–Trinajstić information content (AvgIpc) is 2.26. The van der Waals surface area contributed by atoms with Crippen LogP contribution in [0.3, 0.4) is 0 Å². The van der Waals surface area contributed by atoms with Gasteiger partial charge in [0, 0.05) is 0 Å². The Morgan fingerprint density at radius 2 is 2.11 bits per heavy atom. The van der Waals surface area contributed by atoms with Crippen LogP contribution in [-0.4, -0.2) is 28.6 Å². The van der Waals surface area contributed by atoms with E-state index in [9.17, 15) is 18.4 Å². The van der Waals surface area contributed by atoms with E-state index in [-0.39, 0.29) is 12.2 Å². The van der Waals surface area contributed by atoms with E-state index in [1.54, 1.807) is 0 Å². The van der Waals surface area contributed by atoms with Crippen LogP contribution >= 0.6 is 11.6 Å². The van der Waals surface area contributed by atoms with E-state index in [0.717, 1.165) is 6.07 Å². The highest BCUT2D eigenvalue weighted by Crippen LogP contribution is 2.33. The predicted octanol–water partition coefficient (Wildman–Crippen LogP) is 2.55. The molecular weight excluding hydrogens is 284 g/mol. The summed E-state index contributed by atoms with van der Waals surface area (Å²) in [4.78, 5) is 25.8. The first kappa shape index (κ1) is 15.3. The maximum atomic E-state index is 13.0. The Kier molecular flexibility index (Phi) is 4.41. The van der Waals surface area contributed by atoms with E-state index in [1.807, 2.05) is 0 Å².